The van der Waals surface area contributed by atoms with Crippen molar-refractivity contribution in [3.63, 3.8) is 0 Å². The summed E-state index contributed by atoms with van der Waals surface area (Å²) < 4.78 is 0. The van der Waals surface area contributed by atoms with Crippen LogP contribution in [-0.4, -0.2) is 12.5 Å². The summed E-state index contributed by atoms with van der Waals surface area (Å²) >= 11 is 0. The van der Waals surface area contributed by atoms with E-state index >= 15 is 0 Å². The number of hydrogen-bond donors (Lipinski definition) is 1. The molecule has 0 fully saturated rings. The van der Waals surface area contributed by atoms with E-state index in [1.165, 1.54) is 96.3 Å². The molecule has 0 saturated heterocycles. The Kier molecular flexibility index (Phi) is 20.4. The Labute approximate surface area is 165 Å². The minimum absolute atomic E-state index is 0.264. The van der Waals surface area contributed by atoms with Gasteiger partial charge in [-0.05, 0) is 18.8 Å². The fourth-order valence-corrected chi connectivity index (χ4v) is 3.47. The van der Waals surface area contributed by atoms with E-state index in [4.69, 9.17) is 0 Å². The maximum Gasteiger partial charge on any atom is 0.219 e. The zero-order valence-electron chi connectivity index (χ0n) is 18.4. The summed E-state index contributed by atoms with van der Waals surface area (Å²) in [6.07, 6.45) is 23.3. The quantitative estimate of drug-likeness (QED) is 0.218. The molecule has 156 valence electrons. The molecule has 0 saturated carbocycles. The van der Waals surface area contributed by atoms with Gasteiger partial charge in [-0.1, -0.05) is 117 Å². The molecule has 0 heterocycles. The third kappa shape index (κ3) is 21.5. The maximum atomic E-state index is 11.8. The molecule has 0 aliphatic heterocycles. The fourth-order valence-electron chi connectivity index (χ4n) is 3.47. The summed E-state index contributed by atoms with van der Waals surface area (Å²) in [5.74, 6) is 1.13. The standard InChI is InChI=1S/C24H49NO/c1-4-5-6-7-16-19-22-25-24(26)21-18-15-13-11-9-8-10-12-14-17-20-23(2)3/h23H,4-22H2,1-3H3,(H,25,26). The molecule has 0 aromatic heterocycles. The highest BCUT2D eigenvalue weighted by Crippen LogP contribution is 2.13. The zero-order valence-corrected chi connectivity index (χ0v) is 18.4. The number of hydrogen-bond acceptors (Lipinski definition) is 1. The van der Waals surface area contributed by atoms with E-state index in [2.05, 4.69) is 26.1 Å². The van der Waals surface area contributed by atoms with Crippen molar-refractivity contribution in [3.8, 4) is 0 Å². The first-order valence-corrected chi connectivity index (χ1v) is 11.9. The van der Waals surface area contributed by atoms with Gasteiger partial charge < -0.3 is 5.32 Å². The number of nitrogens with one attached hydrogen (secondary N) is 1. The Bertz CT molecular complexity index is 288. The van der Waals surface area contributed by atoms with Gasteiger partial charge in [-0.15, -0.1) is 0 Å². The van der Waals surface area contributed by atoms with E-state index in [9.17, 15) is 4.79 Å². The van der Waals surface area contributed by atoms with Gasteiger partial charge in [0.05, 0.1) is 0 Å². The molecular weight excluding hydrogens is 318 g/mol. The summed E-state index contributed by atoms with van der Waals surface area (Å²) in [6.45, 7) is 7.76. The maximum absolute atomic E-state index is 11.8. The molecule has 0 aliphatic carbocycles. The van der Waals surface area contributed by atoms with E-state index in [0.29, 0.717) is 0 Å². The van der Waals surface area contributed by atoms with Crippen LogP contribution in [0.25, 0.3) is 0 Å². The van der Waals surface area contributed by atoms with Crippen molar-refractivity contribution < 1.29 is 4.79 Å². The molecule has 2 heteroatoms. The molecule has 0 aromatic carbocycles. The van der Waals surface area contributed by atoms with Gasteiger partial charge in [0.1, 0.15) is 0 Å². The van der Waals surface area contributed by atoms with Gasteiger partial charge in [0.25, 0.3) is 0 Å². The van der Waals surface area contributed by atoms with E-state index in [1.807, 2.05) is 0 Å². The van der Waals surface area contributed by atoms with Crippen LogP contribution in [0.4, 0.5) is 0 Å². The Morgan fingerprint density at radius 1 is 0.654 bits per heavy atom. The molecule has 26 heavy (non-hydrogen) atoms. The van der Waals surface area contributed by atoms with Crippen molar-refractivity contribution >= 4 is 5.91 Å². The molecule has 2 nitrogen and oxygen atoms in total. The third-order valence-electron chi connectivity index (χ3n) is 5.29. The lowest BCUT2D eigenvalue weighted by Crippen LogP contribution is -2.23. The lowest BCUT2D eigenvalue weighted by atomic mass is 10.0. The molecular formula is C24H49NO. The van der Waals surface area contributed by atoms with Crippen LogP contribution in [0.1, 0.15) is 136 Å². The number of rotatable bonds is 20. The molecule has 0 aliphatic rings. The van der Waals surface area contributed by atoms with Crippen LogP contribution < -0.4 is 5.32 Å². The predicted octanol–water partition coefficient (Wildman–Crippen LogP) is 7.80. The van der Waals surface area contributed by atoms with Crippen molar-refractivity contribution in [1.29, 1.82) is 0 Å². The Hall–Kier alpha value is -0.530. The van der Waals surface area contributed by atoms with Crippen molar-refractivity contribution in [2.45, 2.75) is 136 Å². The van der Waals surface area contributed by atoms with Crippen LogP contribution in [0.15, 0.2) is 0 Å². The second-order valence-corrected chi connectivity index (χ2v) is 8.59. The van der Waals surface area contributed by atoms with Crippen LogP contribution in [0.5, 0.6) is 0 Å². The van der Waals surface area contributed by atoms with Crippen LogP contribution in [0.3, 0.4) is 0 Å². The number of carbonyl (C=O) groups excluding carboxylic acids is 1. The monoisotopic (exact) mass is 367 g/mol. The molecule has 1 N–H and O–H groups in total. The molecule has 0 spiro atoms. The molecule has 0 radical (unpaired) electrons. The van der Waals surface area contributed by atoms with E-state index in [0.717, 1.165) is 31.7 Å². The molecule has 0 unspecified atom stereocenters. The number of unbranched alkanes of at least 4 members (excludes halogenated alkanes) is 14. The summed E-state index contributed by atoms with van der Waals surface area (Å²) in [4.78, 5) is 11.8. The lowest BCUT2D eigenvalue weighted by Gasteiger charge is -2.06. The highest BCUT2D eigenvalue weighted by molar-refractivity contribution is 5.75. The minimum atomic E-state index is 0.264. The van der Waals surface area contributed by atoms with Crippen LogP contribution >= 0.6 is 0 Å². The van der Waals surface area contributed by atoms with Crippen molar-refractivity contribution in [2.24, 2.45) is 5.92 Å². The fraction of sp³-hybridized carbons (Fsp3) is 0.958. The van der Waals surface area contributed by atoms with Gasteiger partial charge in [-0.2, -0.15) is 0 Å². The normalized spacial score (nSPS) is 11.2. The average molecular weight is 368 g/mol. The first-order chi connectivity index (χ1) is 12.7. The number of carbonyl (C=O) groups is 1. The van der Waals surface area contributed by atoms with Gasteiger partial charge in [0, 0.05) is 13.0 Å². The van der Waals surface area contributed by atoms with Crippen molar-refractivity contribution in [1.82, 2.24) is 5.32 Å². The van der Waals surface area contributed by atoms with Crippen LogP contribution in [-0.2, 0) is 4.79 Å². The van der Waals surface area contributed by atoms with E-state index in [-0.39, 0.29) is 5.91 Å². The molecule has 0 bridgehead atoms. The Morgan fingerprint density at radius 3 is 1.65 bits per heavy atom. The Balaban J connectivity index is 3.14. The summed E-state index contributed by atoms with van der Waals surface area (Å²) in [5.41, 5.74) is 0. The summed E-state index contributed by atoms with van der Waals surface area (Å²) in [6, 6.07) is 0. The average Bonchev–Trinajstić information content (AvgIpc) is 2.61. The molecule has 1 amide bonds. The SMILES string of the molecule is CCCCCCCCNC(=O)CCCCCCCCCCCCC(C)C. The Morgan fingerprint density at radius 2 is 1.12 bits per heavy atom. The molecule has 0 atom stereocenters. The number of amides is 1. The summed E-state index contributed by atoms with van der Waals surface area (Å²) in [7, 11) is 0. The molecule has 0 rings (SSSR count). The smallest absolute Gasteiger partial charge is 0.219 e. The third-order valence-corrected chi connectivity index (χ3v) is 5.29. The first kappa shape index (κ1) is 25.5. The van der Waals surface area contributed by atoms with Gasteiger partial charge in [0.2, 0.25) is 5.91 Å². The van der Waals surface area contributed by atoms with Crippen LogP contribution in [0.2, 0.25) is 0 Å². The van der Waals surface area contributed by atoms with Gasteiger partial charge >= 0.3 is 0 Å². The second-order valence-electron chi connectivity index (χ2n) is 8.59. The van der Waals surface area contributed by atoms with Gasteiger partial charge in [-0.25, -0.2) is 0 Å². The van der Waals surface area contributed by atoms with Crippen LogP contribution in [0, 0.1) is 5.92 Å². The minimum Gasteiger partial charge on any atom is -0.356 e. The predicted molar refractivity (Wildman–Crippen MR) is 117 cm³/mol. The van der Waals surface area contributed by atoms with Crippen molar-refractivity contribution in [3.05, 3.63) is 0 Å². The highest BCUT2D eigenvalue weighted by Gasteiger charge is 2.00. The van der Waals surface area contributed by atoms with Gasteiger partial charge in [-0.3, -0.25) is 4.79 Å². The first-order valence-electron chi connectivity index (χ1n) is 11.9. The van der Waals surface area contributed by atoms with E-state index < -0.39 is 0 Å². The van der Waals surface area contributed by atoms with Crippen molar-refractivity contribution in [2.75, 3.05) is 6.54 Å². The topological polar surface area (TPSA) is 29.1 Å². The second kappa shape index (κ2) is 20.8. The lowest BCUT2D eigenvalue weighted by molar-refractivity contribution is -0.121. The largest absolute Gasteiger partial charge is 0.356 e. The summed E-state index contributed by atoms with van der Waals surface area (Å²) in [5, 5.41) is 3.08. The zero-order chi connectivity index (χ0) is 19.3. The highest BCUT2D eigenvalue weighted by atomic mass is 16.1. The van der Waals surface area contributed by atoms with E-state index in [1.54, 1.807) is 0 Å². The van der Waals surface area contributed by atoms with Gasteiger partial charge in [0.15, 0.2) is 0 Å². The molecule has 0 aromatic rings.